The van der Waals surface area contributed by atoms with Gasteiger partial charge in [0, 0.05) is 0 Å². The molecule has 0 saturated carbocycles. The molecule has 0 aromatic heterocycles. The van der Waals surface area contributed by atoms with Crippen LogP contribution in [0.3, 0.4) is 0 Å². The van der Waals surface area contributed by atoms with E-state index in [9.17, 15) is 0 Å². The van der Waals surface area contributed by atoms with Crippen LogP contribution in [-0.2, 0) is 0 Å². The number of hydrogen-bond donors (Lipinski definition) is 0. The van der Waals surface area contributed by atoms with Crippen molar-refractivity contribution in [1.82, 2.24) is 0 Å². The largest absolute Gasteiger partial charge is 0.0911 e. The molecule has 0 atom stereocenters. The van der Waals surface area contributed by atoms with Crippen molar-refractivity contribution in [3.63, 3.8) is 0 Å². The van der Waals surface area contributed by atoms with E-state index in [2.05, 4.69) is 49.6 Å². The third kappa shape index (κ3) is 1.17. The minimum absolute atomic E-state index is 1.08. The van der Waals surface area contributed by atoms with Gasteiger partial charge in [-0.1, -0.05) is 61.7 Å². The molecule has 0 N–H and O–H groups in total. The average molecular weight is 204 g/mol. The first-order chi connectivity index (χ1) is 7.77. The van der Waals surface area contributed by atoms with Gasteiger partial charge >= 0.3 is 0 Å². The number of fused-ring (bicyclic) bond motifs is 3. The fraction of sp³-hybridized carbons (Fsp3) is 0. The molecular formula is C16H12. The lowest BCUT2D eigenvalue weighted by atomic mass is 10.00. The Labute approximate surface area is 94.1 Å². The summed E-state index contributed by atoms with van der Waals surface area (Å²) in [4.78, 5) is 0. The molecule has 0 aliphatic rings. The van der Waals surface area contributed by atoms with Crippen LogP contribution in [-0.4, -0.2) is 0 Å². The van der Waals surface area contributed by atoms with Crippen molar-refractivity contribution in [3.8, 4) is 0 Å². The summed E-state index contributed by atoms with van der Waals surface area (Å²) in [5.74, 6) is 0. The molecule has 3 rings (SSSR count). The summed E-state index contributed by atoms with van der Waals surface area (Å²) in [7, 11) is 0. The van der Waals surface area contributed by atoms with E-state index in [0.717, 1.165) is 10.4 Å². The predicted molar refractivity (Wildman–Crippen MR) is 71.7 cm³/mol. The summed E-state index contributed by atoms with van der Waals surface area (Å²) in [6, 6.07) is 16.8. The van der Waals surface area contributed by atoms with Crippen LogP contribution in [0, 0.1) is 0 Å². The molecule has 0 fully saturated rings. The first-order valence-corrected chi connectivity index (χ1v) is 5.36. The maximum absolute atomic E-state index is 4.06. The van der Waals surface area contributed by atoms with Gasteiger partial charge in [0.2, 0.25) is 0 Å². The average Bonchev–Trinajstić information content (AvgIpc) is 2.30. The summed E-state index contributed by atoms with van der Waals surface area (Å²) >= 11 is 0. The fourth-order valence-electron chi connectivity index (χ4n) is 2.26. The van der Waals surface area contributed by atoms with Crippen molar-refractivity contribution in [2.24, 2.45) is 0 Å². The summed E-state index contributed by atoms with van der Waals surface area (Å²) in [5.41, 5.74) is 0. The van der Waals surface area contributed by atoms with Gasteiger partial charge in [0.15, 0.2) is 0 Å². The molecule has 0 heteroatoms. The van der Waals surface area contributed by atoms with Crippen LogP contribution in [0.4, 0.5) is 0 Å². The molecule has 76 valence electrons. The van der Waals surface area contributed by atoms with Gasteiger partial charge in [-0.2, -0.15) is 0 Å². The van der Waals surface area contributed by atoms with Crippen molar-refractivity contribution < 1.29 is 0 Å². The van der Waals surface area contributed by atoms with Crippen LogP contribution < -0.4 is 10.4 Å². The Hall–Kier alpha value is -2.08. The van der Waals surface area contributed by atoms with Gasteiger partial charge < -0.3 is 0 Å². The van der Waals surface area contributed by atoms with Crippen molar-refractivity contribution >= 4 is 34.7 Å². The lowest BCUT2D eigenvalue weighted by Crippen LogP contribution is -2.01. The lowest BCUT2D eigenvalue weighted by molar-refractivity contribution is 1.68. The minimum atomic E-state index is 1.08. The number of rotatable bonds is 0. The Bertz CT molecular complexity index is 713. The molecule has 3 aromatic rings. The predicted octanol–water partition coefficient (Wildman–Crippen LogP) is 2.81. The molecule has 0 saturated heterocycles. The highest BCUT2D eigenvalue weighted by Gasteiger charge is 2.00. The molecule has 0 nitrogen and oxygen atoms in total. The van der Waals surface area contributed by atoms with E-state index >= 15 is 0 Å². The van der Waals surface area contributed by atoms with E-state index in [4.69, 9.17) is 0 Å². The third-order valence-corrected chi connectivity index (χ3v) is 3.10. The maximum atomic E-state index is 4.06. The van der Waals surface area contributed by atoms with Crippen molar-refractivity contribution in [2.75, 3.05) is 0 Å². The molecule has 0 unspecified atom stereocenters. The van der Waals surface area contributed by atoms with Gasteiger partial charge in [-0.3, -0.25) is 0 Å². The van der Waals surface area contributed by atoms with E-state index in [-0.39, 0.29) is 0 Å². The summed E-state index contributed by atoms with van der Waals surface area (Å²) < 4.78 is 0. The topological polar surface area (TPSA) is 0 Å². The second kappa shape index (κ2) is 3.21. The summed E-state index contributed by atoms with van der Waals surface area (Å²) in [6.45, 7) is 8.12. The molecule has 0 amide bonds. The zero-order valence-corrected chi connectivity index (χ0v) is 9.03. The Balaban J connectivity index is 2.71. The van der Waals surface area contributed by atoms with Gasteiger partial charge in [-0.25, -0.2) is 0 Å². The molecular weight excluding hydrogens is 192 g/mol. The summed E-state index contributed by atoms with van der Waals surface area (Å²) in [6.07, 6.45) is 0. The second-order valence-corrected chi connectivity index (χ2v) is 4.09. The second-order valence-electron chi connectivity index (χ2n) is 4.09. The van der Waals surface area contributed by atoms with Crippen LogP contribution in [0.1, 0.15) is 0 Å². The lowest BCUT2D eigenvalue weighted by Gasteiger charge is -2.04. The van der Waals surface area contributed by atoms with E-state index in [0.29, 0.717) is 0 Å². The maximum Gasteiger partial charge on any atom is -0.00994 e. The fourth-order valence-corrected chi connectivity index (χ4v) is 2.26. The first kappa shape index (κ1) is 9.17. The summed E-state index contributed by atoms with van der Waals surface area (Å²) in [5, 5.41) is 7.12. The highest BCUT2D eigenvalue weighted by Crippen LogP contribution is 2.20. The third-order valence-electron chi connectivity index (χ3n) is 3.10. The normalized spacial score (nSPS) is 11.0. The van der Waals surface area contributed by atoms with Crippen molar-refractivity contribution in [3.05, 3.63) is 59.0 Å². The van der Waals surface area contributed by atoms with Crippen molar-refractivity contribution in [1.29, 1.82) is 0 Å². The van der Waals surface area contributed by atoms with Crippen LogP contribution in [0.25, 0.3) is 34.7 Å². The van der Waals surface area contributed by atoms with E-state index in [1.165, 1.54) is 21.5 Å². The SMILES string of the molecule is C=c1cccc2c1ccc1c(=C)cccc12. The number of benzene rings is 3. The van der Waals surface area contributed by atoms with Gasteiger partial charge in [0.1, 0.15) is 0 Å². The van der Waals surface area contributed by atoms with Crippen LogP contribution in [0.5, 0.6) is 0 Å². The molecule has 0 heterocycles. The standard InChI is InChI=1S/C16H12/c1-11-5-3-7-15-13(11)9-10-14-12(2)6-4-8-16(14)15/h3-10H,1-2H2. The van der Waals surface area contributed by atoms with Gasteiger partial charge in [0.05, 0.1) is 0 Å². The zero-order chi connectivity index (χ0) is 11.1. The molecule has 0 aliphatic heterocycles. The Kier molecular flexibility index (Phi) is 1.84. The monoisotopic (exact) mass is 204 g/mol. The van der Waals surface area contributed by atoms with E-state index in [1.54, 1.807) is 0 Å². The Morgan fingerprint density at radius 3 is 1.38 bits per heavy atom. The molecule has 0 bridgehead atoms. The molecule has 0 spiro atoms. The molecule has 0 radical (unpaired) electrons. The van der Waals surface area contributed by atoms with Crippen LogP contribution in [0.15, 0.2) is 48.5 Å². The smallest absolute Gasteiger partial charge is 0.00994 e. The zero-order valence-electron chi connectivity index (χ0n) is 9.03. The molecule has 0 aliphatic carbocycles. The molecule has 3 aromatic carbocycles. The highest BCUT2D eigenvalue weighted by atomic mass is 14.0. The van der Waals surface area contributed by atoms with Gasteiger partial charge in [-0.05, 0) is 32.0 Å². The quantitative estimate of drug-likeness (QED) is 0.494. The van der Waals surface area contributed by atoms with Crippen molar-refractivity contribution in [2.45, 2.75) is 0 Å². The first-order valence-electron chi connectivity index (χ1n) is 5.36. The molecule has 16 heavy (non-hydrogen) atoms. The Morgan fingerprint density at radius 2 is 0.938 bits per heavy atom. The highest BCUT2D eigenvalue weighted by molar-refractivity contribution is 6.07. The van der Waals surface area contributed by atoms with Crippen LogP contribution in [0.2, 0.25) is 0 Å². The van der Waals surface area contributed by atoms with Crippen LogP contribution >= 0.6 is 0 Å². The number of hydrogen-bond acceptors (Lipinski definition) is 0. The minimum Gasteiger partial charge on any atom is -0.0911 e. The van der Waals surface area contributed by atoms with Gasteiger partial charge in [-0.15, -0.1) is 0 Å². The van der Waals surface area contributed by atoms with Gasteiger partial charge in [0.25, 0.3) is 0 Å². The Morgan fingerprint density at radius 1 is 0.500 bits per heavy atom. The van der Waals surface area contributed by atoms with E-state index in [1.807, 2.05) is 12.1 Å². The van der Waals surface area contributed by atoms with E-state index < -0.39 is 0 Å².